The van der Waals surface area contributed by atoms with Crippen LogP contribution in [0.2, 0.25) is 0 Å². The third-order valence-corrected chi connectivity index (χ3v) is 17.7. The molecule has 89 heavy (non-hydrogen) atoms. The Morgan fingerprint density at radius 2 is 0.742 bits per heavy atom. The van der Waals surface area contributed by atoms with Crippen LogP contribution in [0.25, 0.3) is 83.1 Å². The monoisotopic (exact) mass is 1160 g/mol. The van der Waals surface area contributed by atoms with E-state index in [4.69, 9.17) is 2.74 Å². The molecule has 2 aliphatic rings. The van der Waals surface area contributed by atoms with Crippen molar-refractivity contribution in [1.82, 2.24) is 4.57 Å². The molecule has 0 N–H and O–H groups in total. The lowest BCUT2D eigenvalue weighted by Crippen LogP contribution is -2.62. The van der Waals surface area contributed by atoms with Gasteiger partial charge in [-0.2, -0.15) is 0 Å². The average Bonchev–Trinajstić information content (AvgIpc) is 1.35. The van der Waals surface area contributed by atoms with E-state index in [-0.39, 0.29) is 56.8 Å². The third kappa shape index (κ3) is 9.42. The number of benzene rings is 12. The molecule has 15 rings (SSSR count). The van der Waals surface area contributed by atoms with Gasteiger partial charge in [0.25, 0.3) is 6.71 Å². The van der Waals surface area contributed by atoms with E-state index < -0.39 is 113 Å². The number of para-hydroxylation sites is 2. The molecule has 0 unspecified atom stereocenters. The first kappa shape index (κ1) is 40.5. The highest BCUT2D eigenvalue weighted by molar-refractivity contribution is 7.00. The van der Waals surface area contributed by atoms with Crippen LogP contribution in [-0.2, 0) is 16.2 Å². The summed E-state index contributed by atoms with van der Waals surface area (Å²) in [6.07, 6.45) is 0. The lowest BCUT2D eigenvalue weighted by atomic mass is 9.32. The van der Waals surface area contributed by atoms with Crippen molar-refractivity contribution in [2.45, 2.75) is 85.4 Å². The van der Waals surface area contributed by atoms with Crippen LogP contribution < -0.4 is 26.2 Å². The molecule has 4 heteroatoms. The van der Waals surface area contributed by atoms with E-state index in [1.54, 1.807) is 12.1 Å². The predicted octanol–water partition coefficient (Wildman–Crippen LogP) is 21.4. The molecule has 0 bridgehead atoms. The zero-order valence-electron chi connectivity index (χ0n) is 67.3. The minimum Gasteiger partial charge on any atom is -0.310 e. The minimum atomic E-state index is -3.39. The first-order chi connectivity index (χ1) is 49.6. The Morgan fingerprint density at radius 1 is 0.360 bits per heavy atom. The fraction of sp³-hybridized carbons (Fsp3) is 0.153. The van der Waals surface area contributed by atoms with E-state index in [1.807, 2.05) is 150 Å². The van der Waals surface area contributed by atoms with Crippen LogP contribution >= 0.6 is 0 Å². The van der Waals surface area contributed by atoms with Crippen LogP contribution in [0.5, 0.6) is 0 Å². The fourth-order valence-corrected chi connectivity index (χ4v) is 13.1. The molecule has 432 valence electrons. The first-order valence-electron chi connectivity index (χ1n) is 38.4. The van der Waals surface area contributed by atoms with Gasteiger partial charge in [-0.05, 0) is 156 Å². The molecule has 12 aromatic carbocycles. The zero-order valence-corrected chi connectivity index (χ0v) is 51.3. The summed E-state index contributed by atoms with van der Waals surface area (Å²) >= 11 is 0. The number of hydrogen-bond donors (Lipinski definition) is 0. The summed E-state index contributed by atoms with van der Waals surface area (Å²) < 4.78 is 162. The Bertz CT molecular complexity index is 5610. The molecule has 3 nitrogen and oxygen atoms in total. The van der Waals surface area contributed by atoms with Crippen LogP contribution in [0, 0.1) is 6.85 Å². The Balaban J connectivity index is 1.26. The van der Waals surface area contributed by atoms with Gasteiger partial charge in [0.15, 0.2) is 0 Å². The number of nitrogens with zero attached hydrogens (tertiary/aromatic N) is 3. The minimum absolute atomic E-state index is 0.0348. The van der Waals surface area contributed by atoms with E-state index in [2.05, 4.69) is 97.5 Å². The molecule has 2 aliphatic heterocycles. The van der Waals surface area contributed by atoms with Gasteiger partial charge >= 0.3 is 0 Å². The maximum Gasteiger partial charge on any atom is 0.252 e. The smallest absolute Gasteiger partial charge is 0.252 e. The Hall–Kier alpha value is -9.90. The highest BCUT2D eigenvalue weighted by atomic mass is 15.2. The molecule has 0 radical (unpaired) electrons. The van der Waals surface area contributed by atoms with E-state index in [1.165, 1.54) is 0 Å². The molecule has 0 saturated carbocycles. The van der Waals surface area contributed by atoms with Gasteiger partial charge in [-0.25, -0.2) is 0 Å². The van der Waals surface area contributed by atoms with Gasteiger partial charge < -0.3 is 14.4 Å². The van der Waals surface area contributed by atoms with Crippen LogP contribution in [0.15, 0.2) is 267 Å². The van der Waals surface area contributed by atoms with Gasteiger partial charge in [0.2, 0.25) is 0 Å². The van der Waals surface area contributed by atoms with Gasteiger partial charge in [0, 0.05) is 65.6 Å². The SMILES string of the molecule is [2H]c1c([2H])c(-c2ccccc2)c([2H])c2c1B1c3c(cc(C(C)(C)C)cc3N(c3c(-c4ccccc4)cc(C(C)(C)C)cc3-c3ccccc3)c3c([2H])c(-n4c5c([2H])c([2H])c([2H])c([2H])c5c5c([2H])c([2H])c([2H])c([2H])c54)c([2H])c(C([2H])([2H])[2H])c31)N2c1c(-c2ccccc2)cc(C(C)(C)C)cc1-c1ccccc1. The maximum absolute atomic E-state index is 11.6. The molecule has 0 aliphatic carbocycles. The van der Waals surface area contributed by atoms with Crippen LogP contribution in [-0.4, -0.2) is 11.3 Å². The van der Waals surface area contributed by atoms with Crippen LogP contribution in [0.1, 0.15) is 106 Å². The van der Waals surface area contributed by atoms with Crippen LogP contribution in [0.4, 0.5) is 34.1 Å². The van der Waals surface area contributed by atoms with Gasteiger partial charge in [-0.1, -0.05) is 268 Å². The predicted molar refractivity (Wildman–Crippen MR) is 383 cm³/mol. The number of fused-ring (bicyclic) bond motifs is 7. The summed E-state index contributed by atoms with van der Waals surface area (Å²) in [5.74, 6) is 0. The molecular formula is C85H74BN3. The molecule has 0 atom stereocenters. The molecular weight excluding hydrogens is 1070 g/mol. The number of rotatable bonds is 8. The van der Waals surface area contributed by atoms with Gasteiger partial charge in [-0.3, -0.25) is 0 Å². The van der Waals surface area contributed by atoms with Crippen molar-refractivity contribution < 1.29 is 21.9 Å². The molecule has 0 saturated heterocycles. The van der Waals surface area contributed by atoms with Gasteiger partial charge in [0.05, 0.1) is 40.2 Å². The van der Waals surface area contributed by atoms with E-state index in [0.717, 1.165) is 54.6 Å². The highest BCUT2D eigenvalue weighted by Crippen LogP contribution is 2.56. The molecule has 13 aromatic rings. The van der Waals surface area contributed by atoms with Crippen molar-refractivity contribution in [3.8, 4) is 61.3 Å². The standard InChI is InChI=1S/C85H74BN3/c1-55-46-65(87-73-42-28-26-40-66(73)67-41-27-29-43-74(67)87)54-78-79(55)86-72-45-44-61(56-30-16-11-17-31-56)47-75(72)88(81-68(57-32-18-12-19-33-57)48-62(83(2,3)4)49-69(81)58-34-20-13-21-35-58)76-52-64(85(8,9)10)53-77(80(76)86)89(78)82-70(59-36-22-14-23-37-59)50-63(84(5,6)7)51-71(82)60-38-24-15-25-39-60/h11-54H,1-10H3/i1D3,26D,27D,28D,29D,40D,41D,42D,43D,44D,45D,46D,47D,54D. The molecule has 3 heterocycles. The van der Waals surface area contributed by atoms with E-state index in [9.17, 15) is 19.2 Å². The van der Waals surface area contributed by atoms with E-state index in [0.29, 0.717) is 44.9 Å². The summed E-state index contributed by atoms with van der Waals surface area (Å²) in [5.41, 5.74) is 7.48. The van der Waals surface area contributed by atoms with Crippen molar-refractivity contribution in [3.05, 3.63) is 289 Å². The van der Waals surface area contributed by atoms with Gasteiger partial charge in [-0.15, -0.1) is 0 Å². The Labute approximate surface area is 548 Å². The lowest BCUT2D eigenvalue weighted by Gasteiger charge is -2.47. The van der Waals surface area contributed by atoms with Crippen molar-refractivity contribution in [2.24, 2.45) is 0 Å². The normalized spacial score (nSPS) is 15.7. The average molecular weight is 1160 g/mol. The van der Waals surface area contributed by atoms with Gasteiger partial charge in [0.1, 0.15) is 0 Å². The number of hydrogen-bond acceptors (Lipinski definition) is 2. The third-order valence-electron chi connectivity index (χ3n) is 17.7. The number of aromatic nitrogens is 1. The van der Waals surface area contributed by atoms with Crippen molar-refractivity contribution in [1.29, 1.82) is 0 Å². The number of anilines is 6. The van der Waals surface area contributed by atoms with Crippen molar-refractivity contribution in [3.63, 3.8) is 0 Å². The second-order valence-corrected chi connectivity index (χ2v) is 26.5. The summed E-state index contributed by atoms with van der Waals surface area (Å²) in [5, 5.41) is -0.680. The van der Waals surface area contributed by atoms with Crippen molar-refractivity contribution in [2.75, 3.05) is 9.80 Å². The highest BCUT2D eigenvalue weighted by Gasteiger charge is 2.47. The maximum atomic E-state index is 11.6. The quantitative estimate of drug-likeness (QED) is 0.141. The largest absolute Gasteiger partial charge is 0.310 e. The van der Waals surface area contributed by atoms with E-state index >= 15 is 0 Å². The molecule has 0 fully saturated rings. The summed E-state index contributed by atoms with van der Waals surface area (Å²) in [6, 6.07) is 53.2. The lowest BCUT2D eigenvalue weighted by molar-refractivity contribution is 0.590. The van der Waals surface area contributed by atoms with Crippen molar-refractivity contribution >= 4 is 79.0 Å². The Kier molecular flexibility index (Phi) is 9.64. The first-order valence-corrected chi connectivity index (χ1v) is 30.4. The summed E-state index contributed by atoms with van der Waals surface area (Å²) in [6.45, 7) is 14.2. The second kappa shape index (κ2) is 21.2. The summed E-state index contributed by atoms with van der Waals surface area (Å²) in [4.78, 5) is 3.97. The Morgan fingerprint density at radius 3 is 1.15 bits per heavy atom. The molecule has 0 spiro atoms. The molecule has 0 amide bonds. The zero-order chi connectivity index (χ0) is 74.9. The topological polar surface area (TPSA) is 11.4 Å². The fourth-order valence-electron chi connectivity index (χ4n) is 13.1. The second-order valence-electron chi connectivity index (χ2n) is 26.5. The van der Waals surface area contributed by atoms with Crippen LogP contribution in [0.3, 0.4) is 0 Å². The summed E-state index contributed by atoms with van der Waals surface area (Å²) in [7, 11) is 0. The molecule has 1 aromatic heterocycles.